The molecule has 12 heteroatoms. The number of ether oxygens (including phenoxy) is 2. The van der Waals surface area contributed by atoms with Crippen LogP contribution in [0.3, 0.4) is 0 Å². The molecule has 5 atom stereocenters. The van der Waals surface area contributed by atoms with Gasteiger partial charge in [0, 0.05) is 13.5 Å². The van der Waals surface area contributed by atoms with E-state index in [4.69, 9.17) is 14.0 Å². The molecule has 0 aliphatic carbocycles. The second-order valence-corrected chi connectivity index (χ2v) is 8.50. The summed E-state index contributed by atoms with van der Waals surface area (Å²) in [5.41, 5.74) is 0. The normalized spacial score (nSPS) is 27.7. The molecule has 0 aromatic carbocycles. The van der Waals surface area contributed by atoms with Crippen LogP contribution in [0.5, 0.6) is 0 Å². The Kier molecular flexibility index (Phi) is 12.6. The van der Waals surface area contributed by atoms with Gasteiger partial charge in [-0.25, -0.2) is 4.18 Å². The third-order valence-electron chi connectivity index (χ3n) is 4.54. The molecule has 1 aliphatic heterocycles. The van der Waals surface area contributed by atoms with E-state index in [0.717, 1.165) is 50.7 Å². The van der Waals surface area contributed by atoms with Crippen LogP contribution in [-0.4, -0.2) is 78.7 Å². The summed E-state index contributed by atoms with van der Waals surface area (Å²) in [7, 11) is -4.93. The Balaban J connectivity index is 2.62. The SMILES string of the molecule is CC(=O)N[C@H]1[C@H](OCCCCCCCCCS)O[C@H](CO)[C@@H](O)[C@@H]1OS(=O)(=O)O. The molecule has 0 unspecified atom stereocenters. The molecule has 1 saturated heterocycles. The van der Waals surface area contributed by atoms with Gasteiger partial charge in [0.25, 0.3) is 0 Å². The van der Waals surface area contributed by atoms with E-state index in [1.807, 2.05) is 0 Å². The van der Waals surface area contributed by atoms with Crippen LogP contribution in [0.4, 0.5) is 0 Å². The molecule has 0 aromatic rings. The lowest BCUT2D eigenvalue weighted by Gasteiger charge is -2.43. The molecule has 0 saturated carbocycles. The van der Waals surface area contributed by atoms with Gasteiger partial charge in [0.1, 0.15) is 24.4 Å². The molecular weight excluding hydrogens is 426 g/mol. The minimum Gasteiger partial charge on any atom is -0.394 e. The molecule has 4 N–H and O–H groups in total. The second-order valence-electron chi connectivity index (χ2n) is 7.00. The van der Waals surface area contributed by atoms with Gasteiger partial charge >= 0.3 is 10.4 Å². The topological polar surface area (TPSA) is 152 Å². The van der Waals surface area contributed by atoms with Crippen molar-refractivity contribution in [1.82, 2.24) is 5.32 Å². The van der Waals surface area contributed by atoms with Crippen molar-refractivity contribution in [3.8, 4) is 0 Å². The molecule has 0 spiro atoms. The van der Waals surface area contributed by atoms with Gasteiger partial charge in [-0.15, -0.1) is 0 Å². The average molecular weight is 460 g/mol. The molecule has 1 fully saturated rings. The molecule has 0 aromatic heterocycles. The summed E-state index contributed by atoms with van der Waals surface area (Å²) >= 11 is 4.18. The molecular formula is C17H33NO9S2. The minimum atomic E-state index is -4.93. The van der Waals surface area contributed by atoms with Crippen LogP contribution in [0, 0.1) is 0 Å². The zero-order valence-corrected chi connectivity index (χ0v) is 18.3. The minimum absolute atomic E-state index is 0.268. The lowest BCUT2D eigenvalue weighted by atomic mass is 9.97. The Morgan fingerprint density at radius 1 is 1.14 bits per heavy atom. The number of unbranched alkanes of at least 4 members (excludes halogenated alkanes) is 6. The highest BCUT2D eigenvalue weighted by Gasteiger charge is 2.48. The van der Waals surface area contributed by atoms with Gasteiger partial charge in [-0.1, -0.05) is 32.1 Å². The molecule has 1 heterocycles. The van der Waals surface area contributed by atoms with Crippen molar-refractivity contribution in [2.75, 3.05) is 19.0 Å². The van der Waals surface area contributed by atoms with E-state index in [1.165, 1.54) is 6.92 Å². The van der Waals surface area contributed by atoms with Gasteiger partial charge in [-0.2, -0.15) is 21.0 Å². The summed E-state index contributed by atoms with van der Waals surface area (Å²) in [6.07, 6.45) is 1.66. The van der Waals surface area contributed by atoms with Gasteiger partial charge in [0.15, 0.2) is 6.29 Å². The van der Waals surface area contributed by atoms with Crippen LogP contribution < -0.4 is 5.32 Å². The van der Waals surface area contributed by atoms with Crippen LogP contribution >= 0.6 is 12.6 Å². The number of aliphatic hydroxyl groups excluding tert-OH is 2. The summed E-state index contributed by atoms with van der Waals surface area (Å²) in [5.74, 6) is 0.364. The van der Waals surface area contributed by atoms with E-state index in [0.29, 0.717) is 0 Å². The summed E-state index contributed by atoms with van der Waals surface area (Å²) in [5, 5.41) is 22.0. The van der Waals surface area contributed by atoms with Crippen molar-refractivity contribution in [2.45, 2.75) is 82.5 Å². The molecule has 172 valence electrons. The maximum absolute atomic E-state index is 11.5. The Morgan fingerprint density at radius 2 is 1.72 bits per heavy atom. The van der Waals surface area contributed by atoms with Crippen molar-refractivity contribution < 1.29 is 41.6 Å². The van der Waals surface area contributed by atoms with Crippen molar-refractivity contribution in [1.29, 1.82) is 0 Å². The first-order valence-corrected chi connectivity index (χ1v) is 11.8. The largest absolute Gasteiger partial charge is 0.397 e. The Morgan fingerprint density at radius 3 is 2.24 bits per heavy atom. The maximum Gasteiger partial charge on any atom is 0.397 e. The predicted octanol–water partition coefficient (Wildman–Crippen LogP) is 0.434. The number of hydrogen-bond donors (Lipinski definition) is 5. The molecule has 10 nitrogen and oxygen atoms in total. The summed E-state index contributed by atoms with van der Waals surface area (Å²) < 4.78 is 47.0. The molecule has 0 radical (unpaired) electrons. The van der Waals surface area contributed by atoms with Gasteiger partial charge in [0.05, 0.1) is 6.61 Å². The van der Waals surface area contributed by atoms with Gasteiger partial charge < -0.3 is 25.0 Å². The summed E-state index contributed by atoms with van der Waals surface area (Å²) in [4.78, 5) is 11.5. The third-order valence-corrected chi connectivity index (χ3v) is 5.32. The van der Waals surface area contributed by atoms with Crippen LogP contribution in [0.1, 0.15) is 51.9 Å². The predicted molar refractivity (Wildman–Crippen MR) is 108 cm³/mol. The van der Waals surface area contributed by atoms with Crippen molar-refractivity contribution >= 4 is 28.9 Å². The lowest BCUT2D eigenvalue weighted by molar-refractivity contribution is -0.266. The number of carbonyl (C=O) groups excluding carboxylic acids is 1. The standard InChI is InChI=1S/C17H33NO9S2/c1-12(20)18-14-16(27-29(22,23)24)15(21)13(11-19)26-17(14)25-9-7-5-3-2-4-6-8-10-28/h13-17,19,21,28H,2-11H2,1H3,(H,18,20)(H,22,23,24)/t13-,14-,15-,16-,17-/m1/s1. The molecule has 1 aliphatic rings. The highest BCUT2D eigenvalue weighted by Crippen LogP contribution is 2.26. The van der Waals surface area contributed by atoms with E-state index in [2.05, 4.69) is 22.1 Å². The number of thiol groups is 1. The Bertz CT molecular complexity index is 575. The quantitative estimate of drug-likeness (QED) is 0.141. The zero-order chi connectivity index (χ0) is 21.9. The molecule has 1 amide bonds. The number of hydrogen-bond acceptors (Lipinski definition) is 9. The van der Waals surface area contributed by atoms with E-state index in [9.17, 15) is 23.4 Å². The number of nitrogens with one attached hydrogen (secondary N) is 1. The van der Waals surface area contributed by atoms with Gasteiger partial charge in [-0.3, -0.25) is 9.35 Å². The number of amides is 1. The second kappa shape index (κ2) is 13.8. The van der Waals surface area contributed by atoms with Crippen LogP contribution in [-0.2, 0) is 28.9 Å². The Labute approximate surface area is 177 Å². The lowest BCUT2D eigenvalue weighted by Crippen LogP contribution is -2.65. The van der Waals surface area contributed by atoms with E-state index in [1.54, 1.807) is 0 Å². The molecule has 0 bridgehead atoms. The van der Waals surface area contributed by atoms with Gasteiger partial charge in [0.2, 0.25) is 5.91 Å². The summed E-state index contributed by atoms with van der Waals surface area (Å²) in [6.45, 7) is 0.829. The van der Waals surface area contributed by atoms with Crippen molar-refractivity contribution in [2.24, 2.45) is 0 Å². The van der Waals surface area contributed by atoms with Crippen LogP contribution in [0.25, 0.3) is 0 Å². The fraction of sp³-hybridized carbons (Fsp3) is 0.941. The maximum atomic E-state index is 11.5. The number of aliphatic hydroxyl groups is 2. The summed E-state index contributed by atoms with van der Waals surface area (Å²) in [6, 6.07) is -1.20. The van der Waals surface area contributed by atoms with Crippen molar-refractivity contribution in [3.05, 3.63) is 0 Å². The average Bonchev–Trinajstić information content (AvgIpc) is 2.63. The third kappa shape index (κ3) is 10.4. The Hall–Kier alpha value is -0.470. The van der Waals surface area contributed by atoms with E-state index < -0.39 is 53.6 Å². The number of carbonyl (C=O) groups is 1. The van der Waals surface area contributed by atoms with E-state index >= 15 is 0 Å². The van der Waals surface area contributed by atoms with E-state index in [-0.39, 0.29) is 6.61 Å². The highest BCUT2D eigenvalue weighted by atomic mass is 32.3. The highest BCUT2D eigenvalue weighted by molar-refractivity contribution is 7.81. The van der Waals surface area contributed by atoms with Crippen molar-refractivity contribution in [3.63, 3.8) is 0 Å². The zero-order valence-electron chi connectivity index (χ0n) is 16.6. The first-order chi connectivity index (χ1) is 13.7. The molecule has 1 rings (SSSR count). The smallest absolute Gasteiger partial charge is 0.394 e. The first kappa shape index (κ1) is 26.6. The number of rotatable bonds is 14. The fourth-order valence-corrected chi connectivity index (χ4v) is 3.89. The monoisotopic (exact) mass is 459 g/mol. The van der Waals surface area contributed by atoms with Crippen LogP contribution in [0.15, 0.2) is 0 Å². The first-order valence-electron chi connectivity index (χ1n) is 9.79. The fourth-order valence-electron chi connectivity index (χ4n) is 3.15. The molecule has 29 heavy (non-hydrogen) atoms. The van der Waals surface area contributed by atoms with Gasteiger partial charge in [-0.05, 0) is 18.6 Å². The van der Waals surface area contributed by atoms with Crippen LogP contribution in [0.2, 0.25) is 0 Å².